The zero-order chi connectivity index (χ0) is 0. The zero-order valence-corrected chi connectivity index (χ0v) is 4.77. The molecule has 0 saturated carbocycles. The molecule has 56 valence electrons. The van der Waals surface area contributed by atoms with Gasteiger partial charge in [0.15, 0.2) is 0 Å². The molecule has 12 N–H and O–H groups in total. The van der Waals surface area contributed by atoms with Crippen molar-refractivity contribution in [3.8, 4) is 0 Å². The van der Waals surface area contributed by atoms with Crippen LogP contribution in [0.15, 0.2) is 0 Å². The Bertz CT molecular complexity index is 4.14. The average Bonchev–Trinajstić information content (AvgIpc) is 0. The molecular formula is H12N6Ni-4. The first-order valence-corrected chi connectivity index (χ1v) is 0. The Morgan fingerprint density at radius 2 is 0.286 bits per heavy atom. The normalized spacial score (nSPS) is 0. The Morgan fingerprint density at radius 3 is 0.286 bits per heavy atom. The van der Waals surface area contributed by atoms with Crippen LogP contribution in [0.3, 0.4) is 0 Å². The summed E-state index contributed by atoms with van der Waals surface area (Å²) in [6.07, 6.45) is 0. The van der Waals surface area contributed by atoms with Crippen LogP contribution in [0, 0.1) is 0 Å². The topological polar surface area (TPSA) is 201 Å². The first-order chi connectivity index (χ1) is 0. The van der Waals surface area contributed by atoms with Gasteiger partial charge >= 0.3 is 16.5 Å². The summed E-state index contributed by atoms with van der Waals surface area (Å²) in [6.45, 7) is 0. The van der Waals surface area contributed by atoms with Crippen molar-refractivity contribution in [3.05, 3.63) is 36.9 Å². The third-order valence-electron chi connectivity index (χ3n) is 0. The minimum absolute atomic E-state index is 0. The summed E-state index contributed by atoms with van der Waals surface area (Å²) in [5.74, 6) is 0. The Balaban J connectivity index is 0. The molecule has 0 rings (SSSR count). The van der Waals surface area contributed by atoms with E-state index < -0.39 is 0 Å². The molecule has 0 aromatic rings. The maximum absolute atomic E-state index is 0. The molecule has 0 bridgehead atoms. The van der Waals surface area contributed by atoms with Gasteiger partial charge in [0.25, 0.3) is 0 Å². The second-order valence-electron chi connectivity index (χ2n) is 0. The maximum Gasteiger partial charge on any atom is 2.00 e. The average molecular weight is 155 g/mol. The molecule has 0 atom stereocenters. The van der Waals surface area contributed by atoms with Crippen molar-refractivity contribution in [1.29, 1.82) is 0 Å². The van der Waals surface area contributed by atoms with Crippen molar-refractivity contribution in [3.63, 3.8) is 0 Å². The van der Waals surface area contributed by atoms with E-state index in [1.165, 1.54) is 0 Å². The van der Waals surface area contributed by atoms with E-state index in [4.69, 9.17) is 0 Å². The monoisotopic (exact) mass is 154 g/mol. The summed E-state index contributed by atoms with van der Waals surface area (Å²) < 4.78 is 0. The van der Waals surface area contributed by atoms with E-state index in [0.717, 1.165) is 0 Å². The third-order valence-corrected chi connectivity index (χ3v) is 0. The molecule has 0 heterocycles. The van der Waals surface area contributed by atoms with Gasteiger partial charge in [0.05, 0.1) is 0 Å². The fourth-order valence-electron chi connectivity index (χ4n) is 0. The van der Waals surface area contributed by atoms with Crippen molar-refractivity contribution in [1.82, 2.24) is 0 Å². The van der Waals surface area contributed by atoms with Crippen LogP contribution in [0.4, 0.5) is 0 Å². The van der Waals surface area contributed by atoms with Crippen LogP contribution in [0.5, 0.6) is 0 Å². The number of rotatable bonds is 0. The van der Waals surface area contributed by atoms with Gasteiger partial charge in [0.2, 0.25) is 0 Å². The van der Waals surface area contributed by atoms with E-state index in [0.29, 0.717) is 0 Å². The second kappa shape index (κ2) is 2690. The van der Waals surface area contributed by atoms with Gasteiger partial charge in [-0.05, 0) is 0 Å². The van der Waals surface area contributed by atoms with Crippen LogP contribution >= 0.6 is 0 Å². The van der Waals surface area contributed by atoms with Crippen molar-refractivity contribution in [2.45, 2.75) is 0 Å². The molecule has 0 aliphatic carbocycles. The molecule has 0 radical (unpaired) electrons. The first kappa shape index (κ1) is 4410. The Labute approximate surface area is 54.2 Å². The molecule has 0 unspecified atom stereocenters. The van der Waals surface area contributed by atoms with Gasteiger partial charge in [0.1, 0.15) is 0 Å². The maximum atomic E-state index is 0. The van der Waals surface area contributed by atoms with E-state index in [9.17, 15) is 0 Å². The Hall–Kier alpha value is 0.254. The van der Waals surface area contributed by atoms with Gasteiger partial charge in [0, 0.05) is 0 Å². The number of hydrogen-bond donors (Lipinski definition) is 0. The van der Waals surface area contributed by atoms with Crippen molar-refractivity contribution < 1.29 is 16.5 Å². The molecule has 7 heavy (non-hydrogen) atoms. The summed E-state index contributed by atoms with van der Waals surface area (Å²) in [6, 6.07) is 0. The SMILES string of the molecule is [NH2-].[NH2-].[NH2-].[NH2-].[NH2-].[NH2-].[Ni+2]. The van der Waals surface area contributed by atoms with E-state index in [-0.39, 0.29) is 53.4 Å². The van der Waals surface area contributed by atoms with Gasteiger partial charge in [-0.2, -0.15) is 0 Å². The van der Waals surface area contributed by atoms with Crippen molar-refractivity contribution in [2.24, 2.45) is 0 Å². The van der Waals surface area contributed by atoms with E-state index in [1.54, 1.807) is 0 Å². The molecule has 0 amide bonds. The van der Waals surface area contributed by atoms with Crippen LogP contribution in [-0.4, -0.2) is 0 Å². The van der Waals surface area contributed by atoms with E-state index >= 15 is 0 Å². The third kappa shape index (κ3) is 1760. The van der Waals surface area contributed by atoms with Gasteiger partial charge in [-0.1, -0.05) is 0 Å². The molecule has 0 aromatic carbocycles. The molecule has 0 fully saturated rings. The number of hydrogen-bond acceptors (Lipinski definition) is 0. The quantitative estimate of drug-likeness (QED) is 0.448. The van der Waals surface area contributed by atoms with Gasteiger partial charge in [-0.25, -0.2) is 0 Å². The number of nitrogens with two attached hydrogens (primary N) is 6. The van der Waals surface area contributed by atoms with Gasteiger partial charge in [-0.3, -0.25) is 0 Å². The molecule has 0 spiro atoms. The minimum Gasteiger partial charge on any atom is -0.693 e. The van der Waals surface area contributed by atoms with Crippen molar-refractivity contribution in [2.75, 3.05) is 0 Å². The fraction of sp³-hybridized carbons (Fsp3) is 0. The van der Waals surface area contributed by atoms with Crippen LogP contribution < -0.4 is 0 Å². The van der Waals surface area contributed by atoms with E-state index in [2.05, 4.69) is 0 Å². The van der Waals surface area contributed by atoms with Crippen molar-refractivity contribution >= 4 is 0 Å². The second-order valence-corrected chi connectivity index (χ2v) is 0. The summed E-state index contributed by atoms with van der Waals surface area (Å²) in [5, 5.41) is 0. The van der Waals surface area contributed by atoms with Gasteiger partial charge < -0.3 is 36.9 Å². The van der Waals surface area contributed by atoms with Gasteiger partial charge in [-0.15, -0.1) is 0 Å². The first-order valence-electron chi connectivity index (χ1n) is 0. The Morgan fingerprint density at radius 1 is 0.286 bits per heavy atom. The predicted octanol–water partition coefficient (Wildman–Crippen LogP) is 4.30. The van der Waals surface area contributed by atoms with E-state index in [1.807, 2.05) is 0 Å². The van der Waals surface area contributed by atoms with Crippen LogP contribution in [0.1, 0.15) is 0 Å². The largest absolute Gasteiger partial charge is 2.00 e. The van der Waals surface area contributed by atoms with Crippen LogP contribution in [0.25, 0.3) is 36.9 Å². The predicted molar refractivity (Wildman–Crippen MR) is 31.7 cm³/mol. The standard InChI is InChI=1S/6H2N.Ni/h6*1H2;/q6*-1;+2. The van der Waals surface area contributed by atoms with Crippen LogP contribution in [0.2, 0.25) is 0 Å². The fourth-order valence-corrected chi connectivity index (χ4v) is 0. The minimum atomic E-state index is 0. The summed E-state index contributed by atoms with van der Waals surface area (Å²) >= 11 is 0. The molecule has 0 aromatic heterocycles. The molecular weight excluding hydrogens is 143 g/mol. The zero-order valence-electron chi connectivity index (χ0n) is 3.78. The molecule has 0 aliphatic heterocycles. The molecule has 0 aliphatic rings. The molecule has 7 heteroatoms. The summed E-state index contributed by atoms with van der Waals surface area (Å²) in [7, 11) is 0. The summed E-state index contributed by atoms with van der Waals surface area (Å²) in [4.78, 5) is 0. The molecule has 6 nitrogen and oxygen atoms in total. The molecule has 0 saturated heterocycles. The summed E-state index contributed by atoms with van der Waals surface area (Å²) in [5.41, 5.74) is 0. The van der Waals surface area contributed by atoms with Crippen LogP contribution in [-0.2, 0) is 16.5 Å². The smallest absolute Gasteiger partial charge is 0.693 e. The Kier molecular flexibility index (Phi) is 1690000.